The van der Waals surface area contributed by atoms with E-state index in [1.165, 1.54) is 33.3 Å². The van der Waals surface area contributed by atoms with Gasteiger partial charge in [0.25, 0.3) is 0 Å². The summed E-state index contributed by atoms with van der Waals surface area (Å²) in [5, 5.41) is 1.37. The molecule has 1 aromatic carbocycles. The third-order valence-corrected chi connectivity index (χ3v) is 5.76. The minimum atomic E-state index is 0.0779. The molecule has 1 aromatic heterocycles. The zero-order chi connectivity index (χ0) is 16.9. The van der Waals surface area contributed by atoms with E-state index < -0.39 is 0 Å². The SMILES string of the molecule is CC1=C(N)C(C)(C)CC=C1Cn1c2c(c3ccccc31)C=CCC2. The monoisotopic (exact) mass is 318 g/mol. The molecule has 2 N–H and O–H groups in total. The Morgan fingerprint density at radius 1 is 1.21 bits per heavy atom. The van der Waals surface area contributed by atoms with Crippen LogP contribution < -0.4 is 5.73 Å². The second-order valence-electron chi connectivity index (χ2n) is 7.76. The van der Waals surface area contributed by atoms with Crippen molar-refractivity contribution in [2.24, 2.45) is 11.1 Å². The van der Waals surface area contributed by atoms with Gasteiger partial charge in [-0.15, -0.1) is 0 Å². The van der Waals surface area contributed by atoms with Gasteiger partial charge >= 0.3 is 0 Å². The van der Waals surface area contributed by atoms with E-state index in [4.69, 9.17) is 5.73 Å². The second kappa shape index (κ2) is 5.41. The number of hydrogen-bond acceptors (Lipinski definition) is 1. The summed E-state index contributed by atoms with van der Waals surface area (Å²) in [6.07, 6.45) is 10.3. The van der Waals surface area contributed by atoms with Crippen molar-refractivity contribution in [2.75, 3.05) is 0 Å². The van der Waals surface area contributed by atoms with Gasteiger partial charge in [0.05, 0.1) is 0 Å². The maximum atomic E-state index is 6.44. The minimum Gasteiger partial charge on any atom is -0.401 e. The topological polar surface area (TPSA) is 30.9 Å². The van der Waals surface area contributed by atoms with Gasteiger partial charge in [-0.05, 0) is 43.4 Å². The van der Waals surface area contributed by atoms with Gasteiger partial charge in [0.15, 0.2) is 0 Å². The predicted molar refractivity (Wildman–Crippen MR) is 103 cm³/mol. The van der Waals surface area contributed by atoms with E-state index >= 15 is 0 Å². The van der Waals surface area contributed by atoms with Gasteiger partial charge in [0.2, 0.25) is 0 Å². The van der Waals surface area contributed by atoms with Crippen molar-refractivity contribution in [2.45, 2.75) is 46.6 Å². The first-order valence-electron chi connectivity index (χ1n) is 8.92. The Hall–Kier alpha value is -2.22. The highest BCUT2D eigenvalue weighted by atomic mass is 15.0. The lowest BCUT2D eigenvalue weighted by molar-refractivity contribution is 0.433. The first-order valence-corrected chi connectivity index (χ1v) is 8.92. The quantitative estimate of drug-likeness (QED) is 0.811. The molecule has 124 valence electrons. The first kappa shape index (κ1) is 15.3. The van der Waals surface area contributed by atoms with Crippen molar-refractivity contribution >= 4 is 17.0 Å². The zero-order valence-electron chi connectivity index (χ0n) is 14.9. The Balaban J connectivity index is 1.82. The standard InChI is InChI=1S/C22H26N2/c1-15-16(12-13-22(2,3)21(15)23)14-24-19-10-6-4-8-17(19)18-9-5-7-11-20(18)24/h4-6,8-10,12H,7,11,13-14,23H2,1-3H3. The Morgan fingerprint density at radius 3 is 2.83 bits per heavy atom. The summed E-state index contributed by atoms with van der Waals surface area (Å²) in [6, 6.07) is 8.78. The Kier molecular flexibility index (Phi) is 3.45. The van der Waals surface area contributed by atoms with Crippen molar-refractivity contribution < 1.29 is 0 Å². The number of aromatic nitrogens is 1. The molecule has 2 aliphatic rings. The summed E-state index contributed by atoms with van der Waals surface area (Å²) >= 11 is 0. The Morgan fingerprint density at radius 2 is 2.00 bits per heavy atom. The lowest BCUT2D eigenvalue weighted by atomic mass is 9.77. The molecule has 0 amide bonds. The normalized spacial score (nSPS) is 19.5. The molecule has 0 radical (unpaired) electrons. The molecule has 0 unspecified atom stereocenters. The third-order valence-electron chi connectivity index (χ3n) is 5.76. The first-order chi connectivity index (χ1) is 11.5. The van der Waals surface area contributed by atoms with E-state index in [-0.39, 0.29) is 5.41 Å². The number of fused-ring (bicyclic) bond motifs is 3. The number of hydrogen-bond donors (Lipinski definition) is 1. The molecule has 0 atom stereocenters. The van der Waals surface area contributed by atoms with Crippen LogP contribution in [0.4, 0.5) is 0 Å². The van der Waals surface area contributed by atoms with Gasteiger partial charge < -0.3 is 10.3 Å². The van der Waals surface area contributed by atoms with Gasteiger partial charge in [-0.3, -0.25) is 0 Å². The van der Waals surface area contributed by atoms with E-state index in [1.807, 2.05) is 0 Å². The summed E-state index contributed by atoms with van der Waals surface area (Å²) < 4.78 is 2.51. The molecule has 0 bridgehead atoms. The van der Waals surface area contributed by atoms with Crippen LogP contribution in [-0.4, -0.2) is 4.57 Å². The Labute approximate surface area is 144 Å². The van der Waals surface area contributed by atoms with Crippen molar-refractivity contribution in [3.05, 3.63) is 64.5 Å². The number of nitrogens with zero attached hydrogens (tertiary/aromatic N) is 1. The van der Waals surface area contributed by atoms with Crippen LogP contribution in [0.25, 0.3) is 17.0 Å². The van der Waals surface area contributed by atoms with E-state index in [1.54, 1.807) is 0 Å². The van der Waals surface area contributed by atoms with Gasteiger partial charge in [0.1, 0.15) is 0 Å². The molecule has 2 aromatic rings. The Bertz CT molecular complexity index is 903. The summed E-state index contributed by atoms with van der Waals surface area (Å²) in [7, 11) is 0. The van der Waals surface area contributed by atoms with Crippen molar-refractivity contribution in [3.8, 4) is 0 Å². The van der Waals surface area contributed by atoms with Crippen molar-refractivity contribution in [1.82, 2.24) is 4.57 Å². The largest absolute Gasteiger partial charge is 0.401 e. The van der Waals surface area contributed by atoms with Crippen LogP contribution in [-0.2, 0) is 13.0 Å². The van der Waals surface area contributed by atoms with Crippen LogP contribution in [0.15, 0.2) is 53.3 Å². The molecule has 2 heteroatoms. The number of benzene rings is 1. The van der Waals surface area contributed by atoms with Gasteiger partial charge in [-0.2, -0.15) is 0 Å². The summed E-state index contributed by atoms with van der Waals surface area (Å²) in [5.74, 6) is 0. The van der Waals surface area contributed by atoms with E-state index in [2.05, 4.69) is 67.8 Å². The number of nitrogens with two attached hydrogens (primary N) is 1. The molecule has 2 nitrogen and oxygen atoms in total. The van der Waals surface area contributed by atoms with Crippen LogP contribution in [0, 0.1) is 5.41 Å². The van der Waals surface area contributed by atoms with Crippen molar-refractivity contribution in [1.29, 1.82) is 0 Å². The predicted octanol–water partition coefficient (Wildman–Crippen LogP) is 5.19. The third kappa shape index (κ3) is 2.24. The number of para-hydroxylation sites is 1. The van der Waals surface area contributed by atoms with Gasteiger partial charge in [-0.25, -0.2) is 0 Å². The fraction of sp³-hybridized carbons (Fsp3) is 0.364. The fourth-order valence-electron chi connectivity index (χ4n) is 4.12. The molecule has 0 fully saturated rings. The maximum absolute atomic E-state index is 6.44. The molecule has 24 heavy (non-hydrogen) atoms. The number of rotatable bonds is 2. The summed E-state index contributed by atoms with van der Waals surface area (Å²) in [6.45, 7) is 7.57. The highest BCUT2D eigenvalue weighted by Gasteiger charge is 2.27. The highest BCUT2D eigenvalue weighted by Crippen LogP contribution is 2.38. The minimum absolute atomic E-state index is 0.0779. The summed E-state index contributed by atoms with van der Waals surface area (Å²) in [4.78, 5) is 0. The summed E-state index contributed by atoms with van der Waals surface area (Å²) in [5.41, 5.74) is 14.4. The van der Waals surface area contributed by atoms with Crippen LogP contribution in [0.2, 0.25) is 0 Å². The molecule has 1 heterocycles. The molecule has 2 aliphatic carbocycles. The van der Waals surface area contributed by atoms with Crippen molar-refractivity contribution in [3.63, 3.8) is 0 Å². The second-order valence-corrected chi connectivity index (χ2v) is 7.76. The molecule has 0 saturated heterocycles. The van der Waals surface area contributed by atoms with Crippen LogP contribution >= 0.6 is 0 Å². The van der Waals surface area contributed by atoms with Crippen LogP contribution in [0.3, 0.4) is 0 Å². The van der Waals surface area contributed by atoms with Crippen LogP contribution in [0.5, 0.6) is 0 Å². The van der Waals surface area contributed by atoms with Gasteiger partial charge in [0, 0.05) is 39.8 Å². The average Bonchev–Trinajstić information content (AvgIpc) is 2.90. The molecule has 0 spiro atoms. The zero-order valence-corrected chi connectivity index (χ0v) is 14.9. The van der Waals surface area contributed by atoms with Crippen LogP contribution in [0.1, 0.15) is 44.9 Å². The molecular formula is C22H26N2. The lowest BCUT2D eigenvalue weighted by Crippen LogP contribution is -2.26. The fourth-order valence-corrected chi connectivity index (χ4v) is 4.12. The smallest absolute Gasteiger partial charge is 0.0491 e. The lowest BCUT2D eigenvalue weighted by Gasteiger charge is -2.31. The molecular weight excluding hydrogens is 292 g/mol. The molecule has 4 rings (SSSR count). The molecule has 0 aliphatic heterocycles. The van der Waals surface area contributed by atoms with Gasteiger partial charge in [-0.1, -0.05) is 50.3 Å². The number of allylic oxidation sites excluding steroid dienone is 5. The maximum Gasteiger partial charge on any atom is 0.0491 e. The van der Waals surface area contributed by atoms with E-state index in [0.717, 1.165) is 31.5 Å². The average molecular weight is 318 g/mol. The van der Waals surface area contributed by atoms with E-state index in [0.29, 0.717) is 0 Å². The highest BCUT2D eigenvalue weighted by molar-refractivity contribution is 5.92. The molecule has 0 saturated carbocycles. The van der Waals surface area contributed by atoms with E-state index in [9.17, 15) is 0 Å².